The van der Waals surface area contributed by atoms with Crippen LogP contribution in [0.3, 0.4) is 0 Å². The number of benzene rings is 1. The van der Waals surface area contributed by atoms with E-state index in [0.29, 0.717) is 6.54 Å². The molecule has 7 nitrogen and oxygen atoms in total. The molecule has 1 aromatic rings. The first-order chi connectivity index (χ1) is 10.3. The molecule has 0 saturated heterocycles. The van der Waals surface area contributed by atoms with Crippen molar-refractivity contribution >= 4 is 12.1 Å². The Labute approximate surface area is 129 Å². The Balaban J connectivity index is 2.39. The molecule has 1 aromatic carbocycles. The average molecular weight is 310 g/mol. The maximum atomic E-state index is 11.8. The SMILES string of the molecule is CC(C)(C)OC(=O)ONC(=O)[C@H](CO)NCc1ccccc1. The first kappa shape index (κ1) is 17.9. The summed E-state index contributed by atoms with van der Waals surface area (Å²) in [4.78, 5) is 27.6. The molecular formula is C15H22N2O5. The van der Waals surface area contributed by atoms with Crippen LogP contribution in [-0.2, 0) is 20.9 Å². The lowest BCUT2D eigenvalue weighted by Gasteiger charge is -2.19. The molecule has 0 radical (unpaired) electrons. The zero-order chi connectivity index (χ0) is 16.6. The molecule has 0 fully saturated rings. The van der Waals surface area contributed by atoms with Gasteiger partial charge in [-0.3, -0.25) is 10.1 Å². The van der Waals surface area contributed by atoms with Crippen LogP contribution in [-0.4, -0.2) is 35.4 Å². The molecule has 0 heterocycles. The van der Waals surface area contributed by atoms with Gasteiger partial charge in [0.15, 0.2) is 0 Å². The highest BCUT2D eigenvalue weighted by molar-refractivity contribution is 5.82. The van der Waals surface area contributed by atoms with E-state index in [4.69, 9.17) is 4.74 Å². The van der Waals surface area contributed by atoms with Gasteiger partial charge in [-0.15, -0.1) is 0 Å². The van der Waals surface area contributed by atoms with Crippen molar-refractivity contribution in [1.29, 1.82) is 0 Å². The van der Waals surface area contributed by atoms with E-state index >= 15 is 0 Å². The normalized spacial score (nSPS) is 12.4. The second-order valence-electron chi connectivity index (χ2n) is 5.63. The van der Waals surface area contributed by atoms with Crippen LogP contribution < -0.4 is 10.8 Å². The summed E-state index contributed by atoms with van der Waals surface area (Å²) in [6.07, 6.45) is -1.01. The molecule has 1 rings (SSSR count). The number of aliphatic hydroxyl groups is 1. The molecule has 0 aliphatic heterocycles. The number of ether oxygens (including phenoxy) is 1. The first-order valence-corrected chi connectivity index (χ1v) is 6.89. The third-order valence-electron chi connectivity index (χ3n) is 2.52. The van der Waals surface area contributed by atoms with Crippen molar-refractivity contribution in [3.8, 4) is 0 Å². The summed E-state index contributed by atoms with van der Waals surface area (Å²) in [5.41, 5.74) is 2.20. The van der Waals surface area contributed by atoms with E-state index in [1.807, 2.05) is 35.8 Å². The smallest absolute Gasteiger partial charge is 0.427 e. The van der Waals surface area contributed by atoms with Crippen molar-refractivity contribution in [2.75, 3.05) is 6.61 Å². The van der Waals surface area contributed by atoms with Gasteiger partial charge in [0.25, 0.3) is 5.91 Å². The second kappa shape index (κ2) is 8.35. The number of rotatable bonds is 5. The standard InChI is InChI=1S/C15H22N2O5/c1-15(2,3)21-14(20)22-17-13(19)12(10-18)16-9-11-7-5-4-6-8-11/h4-8,12,16,18H,9-10H2,1-3H3,(H,17,19)/t12-/m0/s1. The quantitative estimate of drug-likeness (QED) is 0.557. The first-order valence-electron chi connectivity index (χ1n) is 6.89. The van der Waals surface area contributed by atoms with Gasteiger partial charge in [-0.25, -0.2) is 4.79 Å². The van der Waals surface area contributed by atoms with Crippen LogP contribution in [0.1, 0.15) is 26.3 Å². The average Bonchev–Trinajstić information content (AvgIpc) is 2.45. The minimum Gasteiger partial charge on any atom is -0.427 e. The minimum absolute atomic E-state index is 0.395. The van der Waals surface area contributed by atoms with Crippen molar-refractivity contribution < 1.29 is 24.3 Å². The summed E-state index contributed by atoms with van der Waals surface area (Å²) in [6.45, 7) is 4.98. The number of carbonyl (C=O) groups excluding carboxylic acids is 2. The molecule has 0 unspecified atom stereocenters. The Morgan fingerprint density at radius 1 is 1.23 bits per heavy atom. The van der Waals surface area contributed by atoms with E-state index in [2.05, 4.69) is 10.2 Å². The highest BCUT2D eigenvalue weighted by Crippen LogP contribution is 2.07. The van der Waals surface area contributed by atoms with Gasteiger partial charge in [0, 0.05) is 6.54 Å². The Kier molecular flexibility index (Phi) is 6.81. The maximum Gasteiger partial charge on any atom is 0.533 e. The highest BCUT2D eigenvalue weighted by atomic mass is 16.8. The van der Waals surface area contributed by atoms with E-state index in [1.54, 1.807) is 20.8 Å². The van der Waals surface area contributed by atoms with Crippen LogP contribution in [0.4, 0.5) is 4.79 Å². The summed E-state index contributed by atoms with van der Waals surface area (Å²) < 4.78 is 4.87. The number of hydrogen-bond acceptors (Lipinski definition) is 6. The van der Waals surface area contributed by atoms with Gasteiger partial charge < -0.3 is 14.7 Å². The van der Waals surface area contributed by atoms with Gasteiger partial charge in [0.2, 0.25) is 0 Å². The van der Waals surface area contributed by atoms with Crippen molar-refractivity contribution in [1.82, 2.24) is 10.8 Å². The zero-order valence-corrected chi connectivity index (χ0v) is 13.0. The molecule has 7 heteroatoms. The van der Waals surface area contributed by atoms with Crippen molar-refractivity contribution in [2.24, 2.45) is 0 Å². The Morgan fingerprint density at radius 2 is 1.86 bits per heavy atom. The van der Waals surface area contributed by atoms with Crippen LogP contribution in [0.15, 0.2) is 30.3 Å². The maximum absolute atomic E-state index is 11.8. The Morgan fingerprint density at radius 3 is 2.41 bits per heavy atom. The topological polar surface area (TPSA) is 96.9 Å². The lowest BCUT2D eigenvalue weighted by Crippen LogP contribution is -2.47. The summed E-state index contributed by atoms with van der Waals surface area (Å²) >= 11 is 0. The summed E-state index contributed by atoms with van der Waals surface area (Å²) in [6, 6.07) is 8.50. The third-order valence-corrected chi connectivity index (χ3v) is 2.52. The van der Waals surface area contributed by atoms with Crippen molar-refractivity contribution in [3.05, 3.63) is 35.9 Å². The summed E-state index contributed by atoms with van der Waals surface area (Å²) in [5, 5.41) is 12.1. The number of amides is 1. The predicted octanol–water partition coefficient (Wildman–Crippen LogP) is 1.12. The van der Waals surface area contributed by atoms with Crippen LogP contribution in [0.25, 0.3) is 0 Å². The second-order valence-corrected chi connectivity index (χ2v) is 5.63. The van der Waals surface area contributed by atoms with Gasteiger partial charge >= 0.3 is 6.16 Å². The van der Waals surface area contributed by atoms with Gasteiger partial charge in [-0.05, 0) is 26.3 Å². The predicted molar refractivity (Wildman–Crippen MR) is 79.6 cm³/mol. The van der Waals surface area contributed by atoms with Gasteiger partial charge in [-0.1, -0.05) is 30.3 Å². The Hall–Kier alpha value is -2.12. The molecule has 3 N–H and O–H groups in total. The molecule has 1 atom stereocenters. The molecular weight excluding hydrogens is 288 g/mol. The summed E-state index contributed by atoms with van der Waals surface area (Å²) in [5.74, 6) is -0.663. The fourth-order valence-corrected chi connectivity index (χ4v) is 1.51. The van der Waals surface area contributed by atoms with Crippen LogP contribution >= 0.6 is 0 Å². The van der Waals surface area contributed by atoms with E-state index in [0.717, 1.165) is 5.56 Å². The fraction of sp³-hybridized carbons (Fsp3) is 0.467. The van der Waals surface area contributed by atoms with E-state index < -0.39 is 30.3 Å². The van der Waals surface area contributed by atoms with Crippen LogP contribution in [0.2, 0.25) is 0 Å². The lowest BCUT2D eigenvalue weighted by atomic mass is 10.2. The van der Waals surface area contributed by atoms with Crippen molar-refractivity contribution in [3.63, 3.8) is 0 Å². The molecule has 0 aliphatic carbocycles. The molecule has 0 bridgehead atoms. The minimum atomic E-state index is -1.01. The lowest BCUT2D eigenvalue weighted by molar-refractivity contribution is -0.135. The van der Waals surface area contributed by atoms with Gasteiger partial charge in [0.05, 0.1) is 6.61 Å². The molecule has 0 saturated carbocycles. The molecule has 122 valence electrons. The van der Waals surface area contributed by atoms with Crippen molar-refractivity contribution in [2.45, 2.75) is 39.0 Å². The molecule has 1 amide bonds. The van der Waals surface area contributed by atoms with Crippen LogP contribution in [0.5, 0.6) is 0 Å². The molecule has 0 spiro atoms. The molecule has 22 heavy (non-hydrogen) atoms. The van der Waals surface area contributed by atoms with E-state index in [1.165, 1.54) is 0 Å². The third kappa shape index (κ3) is 7.05. The van der Waals surface area contributed by atoms with Crippen LogP contribution in [0, 0.1) is 0 Å². The fourth-order valence-electron chi connectivity index (χ4n) is 1.51. The van der Waals surface area contributed by atoms with Gasteiger partial charge in [0.1, 0.15) is 11.6 Å². The monoisotopic (exact) mass is 310 g/mol. The molecule has 0 aliphatic rings. The number of carbonyl (C=O) groups is 2. The van der Waals surface area contributed by atoms with Gasteiger partial charge in [-0.2, -0.15) is 5.48 Å². The van der Waals surface area contributed by atoms with E-state index in [9.17, 15) is 14.7 Å². The number of aliphatic hydroxyl groups excluding tert-OH is 1. The highest BCUT2D eigenvalue weighted by Gasteiger charge is 2.21. The van der Waals surface area contributed by atoms with E-state index in [-0.39, 0.29) is 0 Å². The number of hydrogen-bond donors (Lipinski definition) is 3. The summed E-state index contributed by atoms with van der Waals surface area (Å²) in [7, 11) is 0. The zero-order valence-electron chi connectivity index (χ0n) is 13.0. The largest absolute Gasteiger partial charge is 0.533 e. The number of hydroxylamine groups is 1. The molecule has 0 aromatic heterocycles. The number of nitrogens with one attached hydrogen (secondary N) is 2. The Bertz CT molecular complexity index is 484.